The molecule has 1 fully saturated rings. The van der Waals surface area contributed by atoms with Crippen molar-refractivity contribution in [2.24, 2.45) is 5.92 Å². The summed E-state index contributed by atoms with van der Waals surface area (Å²) in [5, 5.41) is 5.74. The molecule has 8 nitrogen and oxygen atoms in total. The number of aryl methyl sites for hydroxylation is 1. The molecule has 0 atom stereocenters. The first kappa shape index (κ1) is 21.8. The van der Waals surface area contributed by atoms with Gasteiger partial charge in [0.05, 0.1) is 11.0 Å². The number of anilines is 2. The van der Waals surface area contributed by atoms with Gasteiger partial charge in [-0.15, -0.1) is 0 Å². The van der Waals surface area contributed by atoms with Crippen molar-refractivity contribution in [3.8, 4) is 5.75 Å². The lowest BCUT2D eigenvalue weighted by atomic mass is 10.3. The van der Waals surface area contributed by atoms with Crippen LogP contribution < -0.4 is 15.4 Å². The third-order valence-corrected chi connectivity index (χ3v) is 5.20. The van der Waals surface area contributed by atoms with Crippen LogP contribution in [0.5, 0.6) is 5.75 Å². The molecule has 1 heterocycles. The molecule has 0 spiro atoms. The Balaban J connectivity index is 1.37. The van der Waals surface area contributed by atoms with Crippen molar-refractivity contribution in [3.63, 3.8) is 0 Å². The number of ether oxygens (including phenoxy) is 2. The fraction of sp³-hybridized carbons (Fsp3) is 0.375. The molecule has 1 saturated carbocycles. The molecule has 2 amide bonds. The molecule has 8 heteroatoms. The van der Waals surface area contributed by atoms with Gasteiger partial charge >= 0.3 is 0 Å². The Morgan fingerprint density at radius 2 is 1.97 bits per heavy atom. The number of amides is 2. The van der Waals surface area contributed by atoms with Crippen LogP contribution in [0.2, 0.25) is 0 Å². The number of carbonyl (C=O) groups excluding carboxylic acids is 2. The van der Waals surface area contributed by atoms with Crippen molar-refractivity contribution in [2.45, 2.75) is 32.7 Å². The largest absolute Gasteiger partial charge is 0.484 e. The maximum Gasteiger partial charge on any atom is 0.264 e. The van der Waals surface area contributed by atoms with Crippen molar-refractivity contribution in [2.75, 3.05) is 30.5 Å². The van der Waals surface area contributed by atoms with Crippen LogP contribution in [-0.2, 0) is 20.9 Å². The standard InChI is InChI=1S/C24H28N4O4/c1-2-31-14-6-13-28-21-10-4-3-9-20(21)26-24(28)27-22(29)16-32-19-8-5-7-18(15-19)25-23(30)17-11-12-17/h3-5,7-10,15,17H,2,6,11-14,16H2,1H3,(H,25,30)(H,26,27,29). The van der Waals surface area contributed by atoms with Crippen molar-refractivity contribution >= 4 is 34.5 Å². The van der Waals surface area contributed by atoms with E-state index in [1.54, 1.807) is 24.3 Å². The highest BCUT2D eigenvalue weighted by atomic mass is 16.5. The first-order valence-electron chi connectivity index (χ1n) is 11.0. The Morgan fingerprint density at radius 3 is 2.78 bits per heavy atom. The molecule has 4 rings (SSSR count). The second-order valence-electron chi connectivity index (χ2n) is 7.75. The number of benzene rings is 2. The topological polar surface area (TPSA) is 94.5 Å². The highest BCUT2D eigenvalue weighted by molar-refractivity contribution is 5.94. The highest BCUT2D eigenvalue weighted by Gasteiger charge is 2.29. The van der Waals surface area contributed by atoms with E-state index in [4.69, 9.17) is 9.47 Å². The molecule has 0 saturated heterocycles. The molecule has 168 valence electrons. The lowest BCUT2D eigenvalue weighted by Crippen LogP contribution is -2.22. The lowest BCUT2D eigenvalue weighted by molar-refractivity contribution is -0.118. The summed E-state index contributed by atoms with van der Waals surface area (Å²) in [4.78, 5) is 29.1. The number of carbonyl (C=O) groups is 2. The molecule has 0 radical (unpaired) electrons. The fourth-order valence-electron chi connectivity index (χ4n) is 3.43. The second-order valence-corrected chi connectivity index (χ2v) is 7.75. The fourth-order valence-corrected chi connectivity index (χ4v) is 3.43. The van der Waals surface area contributed by atoms with Crippen LogP contribution in [0.3, 0.4) is 0 Å². The predicted octanol–water partition coefficient (Wildman–Crippen LogP) is 3.83. The number of hydrogen-bond acceptors (Lipinski definition) is 5. The monoisotopic (exact) mass is 436 g/mol. The highest BCUT2D eigenvalue weighted by Crippen LogP contribution is 2.30. The minimum absolute atomic E-state index is 0.0307. The van der Waals surface area contributed by atoms with Gasteiger partial charge < -0.3 is 19.4 Å². The van der Waals surface area contributed by atoms with Crippen molar-refractivity contribution in [1.29, 1.82) is 0 Å². The summed E-state index contributed by atoms with van der Waals surface area (Å²) in [6.45, 7) is 3.81. The van der Waals surface area contributed by atoms with E-state index >= 15 is 0 Å². The Bertz CT molecular complexity index is 1090. The zero-order valence-corrected chi connectivity index (χ0v) is 18.2. The van der Waals surface area contributed by atoms with Gasteiger partial charge in [0.1, 0.15) is 5.75 Å². The Labute approximate surface area is 186 Å². The second kappa shape index (κ2) is 10.3. The molecule has 3 aromatic rings. The van der Waals surface area contributed by atoms with E-state index in [9.17, 15) is 9.59 Å². The average Bonchev–Trinajstić information content (AvgIpc) is 3.59. The summed E-state index contributed by atoms with van der Waals surface area (Å²) in [5.41, 5.74) is 2.44. The molecular formula is C24H28N4O4. The number of nitrogens with zero attached hydrogens (tertiary/aromatic N) is 2. The summed E-state index contributed by atoms with van der Waals surface area (Å²) in [7, 11) is 0. The number of fused-ring (bicyclic) bond motifs is 1. The number of aromatic nitrogens is 2. The van der Waals surface area contributed by atoms with Crippen LogP contribution in [0.1, 0.15) is 26.2 Å². The molecule has 0 bridgehead atoms. The number of hydrogen-bond donors (Lipinski definition) is 2. The first-order valence-corrected chi connectivity index (χ1v) is 11.0. The van der Waals surface area contributed by atoms with Crippen LogP contribution in [-0.4, -0.2) is 41.2 Å². The summed E-state index contributed by atoms with van der Waals surface area (Å²) in [6, 6.07) is 14.8. The maximum absolute atomic E-state index is 12.6. The molecule has 2 aromatic carbocycles. The zero-order chi connectivity index (χ0) is 22.3. The van der Waals surface area contributed by atoms with E-state index in [0.29, 0.717) is 37.1 Å². The molecule has 1 aliphatic carbocycles. The number of rotatable bonds is 11. The van der Waals surface area contributed by atoms with Crippen LogP contribution in [0.15, 0.2) is 48.5 Å². The van der Waals surface area contributed by atoms with Crippen molar-refractivity contribution in [3.05, 3.63) is 48.5 Å². The van der Waals surface area contributed by atoms with E-state index in [2.05, 4.69) is 15.6 Å². The van der Waals surface area contributed by atoms with Gasteiger partial charge in [-0.3, -0.25) is 14.9 Å². The Hall–Kier alpha value is -3.39. The normalized spacial score (nSPS) is 13.2. The third-order valence-electron chi connectivity index (χ3n) is 5.20. The van der Waals surface area contributed by atoms with Crippen LogP contribution in [0.25, 0.3) is 11.0 Å². The minimum Gasteiger partial charge on any atom is -0.484 e. The third kappa shape index (κ3) is 5.64. The van der Waals surface area contributed by atoms with Gasteiger partial charge in [-0.25, -0.2) is 4.98 Å². The Morgan fingerprint density at radius 1 is 1.12 bits per heavy atom. The number of imidazole rings is 1. The molecule has 2 N–H and O–H groups in total. The molecule has 0 aliphatic heterocycles. The van der Waals surface area contributed by atoms with Gasteiger partial charge in [0.25, 0.3) is 5.91 Å². The first-order chi connectivity index (χ1) is 15.6. The van der Waals surface area contributed by atoms with E-state index in [0.717, 1.165) is 30.3 Å². The van der Waals surface area contributed by atoms with E-state index < -0.39 is 0 Å². The SMILES string of the molecule is CCOCCCn1c(NC(=O)COc2cccc(NC(=O)C3CC3)c2)nc2ccccc21. The zero-order valence-electron chi connectivity index (χ0n) is 18.2. The van der Waals surface area contributed by atoms with Crippen LogP contribution >= 0.6 is 0 Å². The molecule has 1 aromatic heterocycles. The maximum atomic E-state index is 12.6. The smallest absolute Gasteiger partial charge is 0.264 e. The molecule has 0 unspecified atom stereocenters. The van der Waals surface area contributed by atoms with E-state index in [1.165, 1.54) is 0 Å². The van der Waals surface area contributed by atoms with Crippen LogP contribution in [0, 0.1) is 5.92 Å². The summed E-state index contributed by atoms with van der Waals surface area (Å²) < 4.78 is 13.1. The molecular weight excluding hydrogens is 408 g/mol. The Kier molecular flexibility index (Phi) is 7.01. The quantitative estimate of drug-likeness (QED) is 0.446. The van der Waals surface area contributed by atoms with Gasteiger partial charge in [-0.2, -0.15) is 0 Å². The van der Waals surface area contributed by atoms with Crippen molar-refractivity contribution < 1.29 is 19.1 Å². The van der Waals surface area contributed by atoms with Gasteiger partial charge in [0.2, 0.25) is 11.9 Å². The summed E-state index contributed by atoms with van der Waals surface area (Å²) in [6.07, 6.45) is 2.70. The van der Waals surface area contributed by atoms with Crippen molar-refractivity contribution in [1.82, 2.24) is 9.55 Å². The minimum atomic E-state index is -0.307. The summed E-state index contributed by atoms with van der Waals surface area (Å²) >= 11 is 0. The van der Waals surface area contributed by atoms with Gasteiger partial charge in [0.15, 0.2) is 6.61 Å². The number of nitrogens with one attached hydrogen (secondary N) is 2. The van der Waals surface area contributed by atoms with Gasteiger partial charge in [-0.05, 0) is 50.5 Å². The van der Waals surface area contributed by atoms with Gasteiger partial charge in [0, 0.05) is 37.4 Å². The summed E-state index contributed by atoms with van der Waals surface area (Å²) in [5.74, 6) is 0.848. The molecule has 1 aliphatic rings. The number of para-hydroxylation sites is 2. The molecule has 32 heavy (non-hydrogen) atoms. The predicted molar refractivity (Wildman–Crippen MR) is 123 cm³/mol. The lowest BCUT2D eigenvalue weighted by Gasteiger charge is -2.11. The van der Waals surface area contributed by atoms with E-state index in [-0.39, 0.29) is 24.3 Å². The van der Waals surface area contributed by atoms with Crippen LogP contribution in [0.4, 0.5) is 11.6 Å². The van der Waals surface area contributed by atoms with Gasteiger partial charge in [-0.1, -0.05) is 18.2 Å². The average molecular weight is 437 g/mol. The van der Waals surface area contributed by atoms with E-state index in [1.807, 2.05) is 35.8 Å².